The Bertz CT molecular complexity index is 406. The molecule has 0 atom stereocenters. The zero-order chi connectivity index (χ0) is 14.3. The quantitative estimate of drug-likeness (QED) is 0.719. The lowest BCUT2D eigenvalue weighted by molar-refractivity contribution is 0.0938. The van der Waals surface area contributed by atoms with Crippen LogP contribution in [-0.4, -0.2) is 54.0 Å². The maximum absolute atomic E-state index is 11.8. The fourth-order valence-electron chi connectivity index (χ4n) is 1.53. The SMILES string of the molecule is CC(C)NC(=O)c1cc(NCCCN(C)C)ncn1. The van der Waals surface area contributed by atoms with Crippen molar-refractivity contribution in [1.82, 2.24) is 20.2 Å². The average Bonchev–Trinajstić information content (AvgIpc) is 2.34. The number of hydrogen-bond donors (Lipinski definition) is 2. The van der Waals surface area contributed by atoms with Crippen LogP contribution in [0.25, 0.3) is 0 Å². The summed E-state index contributed by atoms with van der Waals surface area (Å²) in [6.07, 6.45) is 2.42. The van der Waals surface area contributed by atoms with Crippen LogP contribution in [0.15, 0.2) is 12.4 Å². The molecule has 6 heteroatoms. The lowest BCUT2D eigenvalue weighted by Crippen LogP contribution is -2.30. The van der Waals surface area contributed by atoms with E-state index in [2.05, 4.69) is 25.5 Å². The summed E-state index contributed by atoms with van der Waals surface area (Å²) in [5.41, 5.74) is 0.388. The van der Waals surface area contributed by atoms with E-state index in [9.17, 15) is 4.79 Å². The third-order valence-electron chi connectivity index (χ3n) is 2.41. The first-order valence-electron chi connectivity index (χ1n) is 6.50. The van der Waals surface area contributed by atoms with Gasteiger partial charge in [0.15, 0.2) is 0 Å². The summed E-state index contributed by atoms with van der Waals surface area (Å²) < 4.78 is 0. The van der Waals surface area contributed by atoms with Gasteiger partial charge in [0.05, 0.1) is 0 Å². The molecule has 6 nitrogen and oxygen atoms in total. The van der Waals surface area contributed by atoms with Crippen LogP contribution in [0.3, 0.4) is 0 Å². The number of rotatable bonds is 7. The maximum Gasteiger partial charge on any atom is 0.270 e. The molecule has 0 aliphatic heterocycles. The molecule has 0 unspecified atom stereocenters. The lowest BCUT2D eigenvalue weighted by Gasteiger charge is -2.11. The molecule has 0 saturated carbocycles. The smallest absolute Gasteiger partial charge is 0.270 e. The molecule has 1 amide bonds. The Kier molecular flexibility index (Phi) is 6.21. The van der Waals surface area contributed by atoms with Gasteiger partial charge < -0.3 is 15.5 Å². The highest BCUT2D eigenvalue weighted by molar-refractivity contribution is 5.92. The topological polar surface area (TPSA) is 70.2 Å². The van der Waals surface area contributed by atoms with Gasteiger partial charge in [-0.05, 0) is 40.9 Å². The van der Waals surface area contributed by atoms with Crippen molar-refractivity contribution >= 4 is 11.7 Å². The molecule has 0 aromatic carbocycles. The Morgan fingerprint density at radius 1 is 1.37 bits per heavy atom. The van der Waals surface area contributed by atoms with Gasteiger partial charge in [-0.15, -0.1) is 0 Å². The predicted molar refractivity (Wildman–Crippen MR) is 76.3 cm³/mol. The number of nitrogens with one attached hydrogen (secondary N) is 2. The summed E-state index contributed by atoms with van der Waals surface area (Å²) in [4.78, 5) is 22.0. The third-order valence-corrected chi connectivity index (χ3v) is 2.41. The van der Waals surface area contributed by atoms with Crippen molar-refractivity contribution in [2.24, 2.45) is 0 Å². The number of hydrogen-bond acceptors (Lipinski definition) is 5. The van der Waals surface area contributed by atoms with Crippen LogP contribution in [0, 0.1) is 0 Å². The highest BCUT2D eigenvalue weighted by Gasteiger charge is 2.09. The number of amides is 1. The van der Waals surface area contributed by atoms with Crippen LogP contribution in [0.4, 0.5) is 5.82 Å². The largest absolute Gasteiger partial charge is 0.370 e. The number of anilines is 1. The predicted octanol–water partition coefficient (Wildman–Crippen LogP) is 0.978. The molecule has 0 fully saturated rings. The fourth-order valence-corrected chi connectivity index (χ4v) is 1.53. The highest BCUT2D eigenvalue weighted by Crippen LogP contribution is 2.04. The molecule has 0 radical (unpaired) electrons. The highest BCUT2D eigenvalue weighted by atomic mass is 16.1. The van der Waals surface area contributed by atoms with Crippen molar-refractivity contribution in [1.29, 1.82) is 0 Å². The van der Waals surface area contributed by atoms with Crippen LogP contribution in [0.5, 0.6) is 0 Å². The van der Waals surface area contributed by atoms with E-state index < -0.39 is 0 Å². The number of carbonyl (C=O) groups excluding carboxylic acids is 1. The Hall–Kier alpha value is -1.69. The van der Waals surface area contributed by atoms with E-state index in [1.54, 1.807) is 6.07 Å². The van der Waals surface area contributed by atoms with E-state index in [0.717, 1.165) is 19.5 Å². The van der Waals surface area contributed by atoms with Gasteiger partial charge in [0.1, 0.15) is 17.8 Å². The monoisotopic (exact) mass is 265 g/mol. The van der Waals surface area contributed by atoms with Gasteiger partial charge in [0.2, 0.25) is 0 Å². The number of aromatic nitrogens is 2. The molecule has 1 aromatic heterocycles. The molecule has 0 saturated heterocycles. The van der Waals surface area contributed by atoms with Crippen LogP contribution in [0.1, 0.15) is 30.8 Å². The van der Waals surface area contributed by atoms with Gasteiger partial charge in [-0.1, -0.05) is 0 Å². The van der Waals surface area contributed by atoms with E-state index >= 15 is 0 Å². The Balaban J connectivity index is 2.50. The third kappa shape index (κ3) is 6.15. The van der Waals surface area contributed by atoms with Crippen LogP contribution in [0.2, 0.25) is 0 Å². The minimum Gasteiger partial charge on any atom is -0.370 e. The normalized spacial score (nSPS) is 10.8. The molecule has 0 spiro atoms. The minimum atomic E-state index is -0.172. The Morgan fingerprint density at radius 2 is 2.11 bits per heavy atom. The van der Waals surface area contributed by atoms with Crippen LogP contribution >= 0.6 is 0 Å². The minimum absolute atomic E-state index is 0.0963. The summed E-state index contributed by atoms with van der Waals surface area (Å²) in [6.45, 7) is 5.66. The van der Waals surface area contributed by atoms with E-state index in [4.69, 9.17) is 0 Å². The molecular weight excluding hydrogens is 242 g/mol. The molecule has 0 aliphatic carbocycles. The van der Waals surface area contributed by atoms with Crippen LogP contribution < -0.4 is 10.6 Å². The molecule has 2 N–H and O–H groups in total. The second-order valence-electron chi connectivity index (χ2n) is 5.00. The van der Waals surface area contributed by atoms with E-state index in [-0.39, 0.29) is 11.9 Å². The van der Waals surface area contributed by atoms with E-state index in [1.807, 2.05) is 27.9 Å². The first-order chi connectivity index (χ1) is 8.99. The van der Waals surface area contributed by atoms with Gasteiger partial charge >= 0.3 is 0 Å². The number of carbonyl (C=O) groups is 1. The summed E-state index contributed by atoms with van der Waals surface area (Å²) in [7, 11) is 4.08. The van der Waals surface area contributed by atoms with Gasteiger partial charge in [-0.3, -0.25) is 4.79 Å². The number of nitrogens with zero attached hydrogens (tertiary/aromatic N) is 3. The van der Waals surface area contributed by atoms with Gasteiger partial charge in [-0.25, -0.2) is 9.97 Å². The first kappa shape index (κ1) is 15.4. The summed E-state index contributed by atoms with van der Waals surface area (Å²) >= 11 is 0. The fraction of sp³-hybridized carbons (Fsp3) is 0.615. The Morgan fingerprint density at radius 3 is 2.74 bits per heavy atom. The van der Waals surface area contributed by atoms with E-state index in [0.29, 0.717) is 11.5 Å². The zero-order valence-electron chi connectivity index (χ0n) is 12.1. The summed E-state index contributed by atoms with van der Waals surface area (Å²) in [5.74, 6) is 0.511. The molecule has 106 valence electrons. The standard InChI is InChI=1S/C13H23N5O/c1-10(2)17-13(19)11-8-12(16-9-15-11)14-6-5-7-18(3)4/h8-10H,5-7H2,1-4H3,(H,17,19)(H,14,15,16). The molecule has 19 heavy (non-hydrogen) atoms. The molecule has 1 rings (SSSR count). The van der Waals surface area contributed by atoms with Crippen molar-refractivity contribution < 1.29 is 4.79 Å². The second kappa shape index (κ2) is 7.68. The first-order valence-corrected chi connectivity index (χ1v) is 6.50. The second-order valence-corrected chi connectivity index (χ2v) is 5.00. The summed E-state index contributed by atoms with van der Waals surface area (Å²) in [5, 5.41) is 6.00. The van der Waals surface area contributed by atoms with Crippen molar-refractivity contribution in [2.45, 2.75) is 26.3 Å². The zero-order valence-corrected chi connectivity index (χ0v) is 12.1. The van der Waals surface area contributed by atoms with E-state index in [1.165, 1.54) is 6.33 Å². The molecular formula is C13H23N5O. The van der Waals surface area contributed by atoms with Gasteiger partial charge in [0.25, 0.3) is 5.91 Å². The maximum atomic E-state index is 11.8. The van der Waals surface area contributed by atoms with Crippen molar-refractivity contribution in [2.75, 3.05) is 32.5 Å². The molecule has 0 aliphatic rings. The van der Waals surface area contributed by atoms with Crippen molar-refractivity contribution in [3.05, 3.63) is 18.1 Å². The average molecular weight is 265 g/mol. The Labute approximate surface area is 114 Å². The molecule has 0 bridgehead atoms. The molecule has 1 aromatic rings. The van der Waals surface area contributed by atoms with Crippen molar-refractivity contribution in [3.8, 4) is 0 Å². The van der Waals surface area contributed by atoms with Gasteiger partial charge in [0, 0.05) is 18.7 Å². The lowest BCUT2D eigenvalue weighted by atomic mass is 10.3. The summed E-state index contributed by atoms with van der Waals surface area (Å²) in [6, 6.07) is 1.77. The molecule has 1 heterocycles. The van der Waals surface area contributed by atoms with Crippen LogP contribution in [-0.2, 0) is 0 Å². The van der Waals surface area contributed by atoms with Gasteiger partial charge in [-0.2, -0.15) is 0 Å². The van der Waals surface area contributed by atoms with Crippen molar-refractivity contribution in [3.63, 3.8) is 0 Å².